The first-order valence-corrected chi connectivity index (χ1v) is 9.27. The van der Waals surface area contributed by atoms with Crippen LogP contribution in [-0.2, 0) is 0 Å². The number of anilines is 1. The highest BCUT2D eigenvalue weighted by atomic mass is 32.1. The predicted molar refractivity (Wildman–Crippen MR) is 114 cm³/mol. The standard InChI is InChI=1S/C21H29N3OS/c1-15(2)16-10-12-17(13-11-16)23-21(26)22-14-19(24(3)4)18-8-6-7-9-20(18)25-5/h6-13,15,19H,14H2,1-5H3,(H2,22,23,26). The zero-order valence-electron chi connectivity index (χ0n) is 16.2. The molecule has 140 valence electrons. The minimum atomic E-state index is 0.147. The molecule has 4 nitrogen and oxygen atoms in total. The molecule has 0 saturated heterocycles. The molecular weight excluding hydrogens is 342 g/mol. The first kappa shape index (κ1) is 20.2. The summed E-state index contributed by atoms with van der Waals surface area (Å²) in [5, 5.41) is 7.19. The Labute approximate surface area is 162 Å². The molecule has 2 N–H and O–H groups in total. The summed E-state index contributed by atoms with van der Waals surface area (Å²) in [7, 11) is 5.81. The lowest BCUT2D eigenvalue weighted by molar-refractivity contribution is 0.288. The lowest BCUT2D eigenvalue weighted by Gasteiger charge is -2.27. The summed E-state index contributed by atoms with van der Waals surface area (Å²) in [6.45, 7) is 5.06. The number of para-hydroxylation sites is 1. The second-order valence-corrected chi connectivity index (χ2v) is 7.24. The number of hydrogen-bond acceptors (Lipinski definition) is 3. The fourth-order valence-electron chi connectivity index (χ4n) is 2.83. The average molecular weight is 372 g/mol. The Kier molecular flexibility index (Phi) is 7.42. The van der Waals surface area contributed by atoms with E-state index in [-0.39, 0.29) is 6.04 Å². The summed E-state index contributed by atoms with van der Waals surface area (Å²) in [6.07, 6.45) is 0. The van der Waals surface area contributed by atoms with Crippen LogP contribution in [0.2, 0.25) is 0 Å². The van der Waals surface area contributed by atoms with Crippen molar-refractivity contribution in [1.29, 1.82) is 0 Å². The third kappa shape index (κ3) is 5.44. The molecule has 0 aliphatic rings. The first-order chi connectivity index (χ1) is 12.4. The molecule has 0 heterocycles. The molecule has 0 amide bonds. The number of likely N-dealkylation sites (N-methyl/N-ethyl adjacent to an activating group) is 1. The Morgan fingerprint density at radius 2 is 1.73 bits per heavy atom. The van der Waals surface area contributed by atoms with Gasteiger partial charge in [-0.25, -0.2) is 0 Å². The number of methoxy groups -OCH3 is 1. The largest absolute Gasteiger partial charge is 0.496 e. The fraction of sp³-hybridized carbons (Fsp3) is 0.381. The van der Waals surface area contributed by atoms with Gasteiger partial charge in [-0.3, -0.25) is 0 Å². The van der Waals surface area contributed by atoms with Crippen molar-refractivity contribution in [3.8, 4) is 5.75 Å². The molecule has 0 aliphatic heterocycles. The molecule has 0 fully saturated rings. The van der Waals surface area contributed by atoms with E-state index < -0.39 is 0 Å². The van der Waals surface area contributed by atoms with E-state index in [2.05, 4.69) is 73.8 Å². The van der Waals surface area contributed by atoms with Gasteiger partial charge < -0.3 is 20.3 Å². The highest BCUT2D eigenvalue weighted by Gasteiger charge is 2.18. The Balaban J connectivity index is 1.99. The van der Waals surface area contributed by atoms with E-state index in [1.807, 2.05) is 18.2 Å². The molecule has 2 aromatic rings. The molecular formula is C21H29N3OS. The Morgan fingerprint density at radius 3 is 2.31 bits per heavy atom. The van der Waals surface area contributed by atoms with Crippen molar-refractivity contribution in [2.45, 2.75) is 25.8 Å². The number of hydrogen-bond donors (Lipinski definition) is 2. The summed E-state index contributed by atoms with van der Waals surface area (Å²) < 4.78 is 5.51. The van der Waals surface area contributed by atoms with Gasteiger partial charge in [0.1, 0.15) is 5.75 Å². The van der Waals surface area contributed by atoms with E-state index in [9.17, 15) is 0 Å². The molecule has 0 saturated carbocycles. The summed E-state index contributed by atoms with van der Waals surface area (Å²) in [4.78, 5) is 2.16. The first-order valence-electron chi connectivity index (χ1n) is 8.86. The number of nitrogens with one attached hydrogen (secondary N) is 2. The zero-order chi connectivity index (χ0) is 19.1. The van der Waals surface area contributed by atoms with Crippen LogP contribution in [0, 0.1) is 0 Å². The highest BCUT2D eigenvalue weighted by Crippen LogP contribution is 2.27. The minimum absolute atomic E-state index is 0.147. The van der Waals surface area contributed by atoms with Crippen molar-refractivity contribution in [1.82, 2.24) is 10.2 Å². The van der Waals surface area contributed by atoms with Crippen LogP contribution in [0.4, 0.5) is 5.69 Å². The van der Waals surface area contributed by atoms with Gasteiger partial charge in [0.15, 0.2) is 5.11 Å². The molecule has 5 heteroatoms. The fourth-order valence-corrected chi connectivity index (χ4v) is 3.03. The van der Waals surface area contributed by atoms with E-state index in [1.165, 1.54) is 5.56 Å². The molecule has 26 heavy (non-hydrogen) atoms. The van der Waals surface area contributed by atoms with E-state index in [0.29, 0.717) is 17.6 Å². The van der Waals surface area contributed by atoms with Gasteiger partial charge in [0.05, 0.1) is 13.2 Å². The van der Waals surface area contributed by atoms with E-state index in [4.69, 9.17) is 17.0 Å². The number of nitrogens with zero attached hydrogens (tertiary/aromatic N) is 1. The molecule has 0 bridgehead atoms. The average Bonchev–Trinajstić information content (AvgIpc) is 2.62. The monoisotopic (exact) mass is 371 g/mol. The summed E-state index contributed by atoms with van der Waals surface area (Å²) >= 11 is 5.46. The van der Waals surface area contributed by atoms with Crippen LogP contribution in [0.5, 0.6) is 5.75 Å². The van der Waals surface area contributed by atoms with Crippen molar-refractivity contribution in [3.63, 3.8) is 0 Å². The lowest BCUT2D eigenvalue weighted by Crippen LogP contribution is -2.36. The van der Waals surface area contributed by atoms with Crippen LogP contribution in [0.1, 0.15) is 36.9 Å². The second-order valence-electron chi connectivity index (χ2n) is 6.83. The van der Waals surface area contributed by atoms with Gasteiger partial charge in [-0.1, -0.05) is 44.2 Å². The predicted octanol–water partition coefficient (Wildman–Crippen LogP) is 4.41. The van der Waals surface area contributed by atoms with Gasteiger partial charge in [-0.2, -0.15) is 0 Å². The normalized spacial score (nSPS) is 12.1. The summed E-state index contributed by atoms with van der Waals surface area (Å²) in [6, 6.07) is 16.6. The maximum Gasteiger partial charge on any atom is 0.170 e. The Hall–Kier alpha value is -2.11. The summed E-state index contributed by atoms with van der Waals surface area (Å²) in [5.41, 5.74) is 3.44. The van der Waals surface area contributed by atoms with Crippen molar-refractivity contribution in [3.05, 3.63) is 59.7 Å². The molecule has 1 unspecified atom stereocenters. The van der Waals surface area contributed by atoms with E-state index in [1.54, 1.807) is 7.11 Å². The van der Waals surface area contributed by atoms with Crippen molar-refractivity contribution in [2.75, 3.05) is 33.1 Å². The number of thiocarbonyl (C=S) groups is 1. The number of benzene rings is 2. The Morgan fingerprint density at radius 1 is 1.08 bits per heavy atom. The molecule has 2 rings (SSSR count). The molecule has 0 aliphatic carbocycles. The second kappa shape index (κ2) is 9.55. The van der Waals surface area contributed by atoms with Crippen LogP contribution in [0.25, 0.3) is 0 Å². The van der Waals surface area contributed by atoms with E-state index in [0.717, 1.165) is 17.0 Å². The smallest absolute Gasteiger partial charge is 0.170 e. The minimum Gasteiger partial charge on any atom is -0.496 e. The number of ether oxygens (including phenoxy) is 1. The van der Waals surface area contributed by atoms with Crippen molar-refractivity contribution >= 4 is 23.0 Å². The van der Waals surface area contributed by atoms with E-state index >= 15 is 0 Å². The highest BCUT2D eigenvalue weighted by molar-refractivity contribution is 7.80. The third-order valence-electron chi connectivity index (χ3n) is 4.41. The number of rotatable bonds is 7. The van der Waals surface area contributed by atoms with Gasteiger partial charge in [0.2, 0.25) is 0 Å². The molecule has 0 aromatic heterocycles. The molecule has 2 aromatic carbocycles. The molecule has 1 atom stereocenters. The van der Waals surface area contributed by atoms with Crippen LogP contribution in [0.3, 0.4) is 0 Å². The summed E-state index contributed by atoms with van der Waals surface area (Å²) in [5.74, 6) is 1.41. The van der Waals surface area contributed by atoms with Crippen LogP contribution >= 0.6 is 12.2 Å². The van der Waals surface area contributed by atoms with Crippen LogP contribution in [-0.4, -0.2) is 37.8 Å². The Bertz CT molecular complexity index is 713. The quantitative estimate of drug-likeness (QED) is 0.705. The third-order valence-corrected chi connectivity index (χ3v) is 4.66. The van der Waals surface area contributed by atoms with Crippen molar-refractivity contribution < 1.29 is 4.74 Å². The zero-order valence-corrected chi connectivity index (χ0v) is 17.1. The lowest BCUT2D eigenvalue weighted by atomic mass is 10.0. The van der Waals surface area contributed by atoms with Gasteiger partial charge in [-0.05, 0) is 56.0 Å². The van der Waals surface area contributed by atoms with Gasteiger partial charge in [-0.15, -0.1) is 0 Å². The van der Waals surface area contributed by atoms with Gasteiger partial charge >= 0.3 is 0 Å². The molecule has 0 radical (unpaired) electrons. The van der Waals surface area contributed by atoms with Crippen LogP contribution < -0.4 is 15.4 Å². The van der Waals surface area contributed by atoms with Crippen molar-refractivity contribution in [2.24, 2.45) is 0 Å². The molecule has 0 spiro atoms. The van der Waals surface area contributed by atoms with Crippen LogP contribution in [0.15, 0.2) is 48.5 Å². The topological polar surface area (TPSA) is 36.5 Å². The SMILES string of the molecule is COc1ccccc1C(CNC(=S)Nc1ccc(C(C)C)cc1)N(C)C. The maximum atomic E-state index is 5.51. The van der Waals surface area contributed by atoms with Gasteiger partial charge in [0.25, 0.3) is 0 Å². The van der Waals surface area contributed by atoms with Gasteiger partial charge in [0, 0.05) is 17.8 Å². The maximum absolute atomic E-state index is 5.51.